The van der Waals surface area contributed by atoms with E-state index in [0.717, 1.165) is 29.6 Å². The van der Waals surface area contributed by atoms with Crippen LogP contribution in [-0.2, 0) is 15.6 Å². The number of rotatable bonds is 8. The van der Waals surface area contributed by atoms with Crippen molar-refractivity contribution in [1.29, 1.82) is 0 Å². The fraction of sp³-hybridized carbons (Fsp3) is 0.611. The topological polar surface area (TPSA) is 70.6 Å². The molecule has 0 heterocycles. The second kappa shape index (κ2) is 12.1. The number of hydrogen-bond donors (Lipinski definition) is 2. The van der Waals surface area contributed by atoms with E-state index in [4.69, 9.17) is 0 Å². The minimum Gasteiger partial charge on any atom is -0.356 e. The highest BCUT2D eigenvalue weighted by atomic mass is 127. The molecule has 1 saturated carbocycles. The van der Waals surface area contributed by atoms with Crippen LogP contribution in [0.2, 0.25) is 0 Å². The van der Waals surface area contributed by atoms with E-state index in [9.17, 15) is 8.42 Å². The van der Waals surface area contributed by atoms with Crippen LogP contribution in [0.5, 0.6) is 0 Å². The highest BCUT2D eigenvalue weighted by Gasteiger charge is 2.24. The third kappa shape index (κ3) is 8.47. The van der Waals surface area contributed by atoms with Crippen molar-refractivity contribution in [3.63, 3.8) is 0 Å². The van der Waals surface area contributed by atoms with Gasteiger partial charge in [-0.1, -0.05) is 30.3 Å². The molecule has 0 bridgehead atoms. The van der Waals surface area contributed by atoms with Crippen LogP contribution in [0.25, 0.3) is 0 Å². The van der Waals surface area contributed by atoms with Crippen molar-refractivity contribution in [2.24, 2.45) is 4.99 Å². The van der Waals surface area contributed by atoms with E-state index in [1.807, 2.05) is 42.1 Å². The first-order valence-electron chi connectivity index (χ1n) is 8.76. The van der Waals surface area contributed by atoms with E-state index in [1.165, 1.54) is 6.42 Å². The minimum absolute atomic E-state index is 0. The molecular formula is C18H30IN3O2S2. The smallest absolute Gasteiger partial charge is 0.191 e. The van der Waals surface area contributed by atoms with Crippen molar-refractivity contribution in [3.8, 4) is 0 Å². The van der Waals surface area contributed by atoms with Gasteiger partial charge in [-0.3, -0.25) is 4.99 Å². The third-order valence-corrected chi connectivity index (χ3v) is 7.21. The Morgan fingerprint density at radius 1 is 1.27 bits per heavy atom. The number of benzene rings is 1. The molecule has 2 rings (SSSR count). The lowest BCUT2D eigenvalue weighted by atomic mass is 10.2. The first kappa shape index (κ1) is 23.6. The SMILES string of the molecule is CN=C(NCCCS(=O)(=O)Cc1ccccc1)NC1CCC(SC)C1.I. The molecule has 8 heteroatoms. The molecule has 148 valence electrons. The van der Waals surface area contributed by atoms with E-state index in [2.05, 4.69) is 21.9 Å². The van der Waals surface area contributed by atoms with Crippen molar-refractivity contribution in [3.05, 3.63) is 35.9 Å². The summed E-state index contributed by atoms with van der Waals surface area (Å²) in [7, 11) is -1.32. The molecule has 26 heavy (non-hydrogen) atoms. The second-order valence-electron chi connectivity index (χ2n) is 6.44. The number of halogens is 1. The molecule has 0 radical (unpaired) electrons. The van der Waals surface area contributed by atoms with Gasteiger partial charge in [0.05, 0.1) is 11.5 Å². The minimum atomic E-state index is -3.08. The molecule has 0 aliphatic heterocycles. The van der Waals surface area contributed by atoms with Gasteiger partial charge in [-0.15, -0.1) is 24.0 Å². The predicted molar refractivity (Wildman–Crippen MR) is 123 cm³/mol. The van der Waals surface area contributed by atoms with Crippen LogP contribution in [0.15, 0.2) is 35.3 Å². The maximum atomic E-state index is 12.2. The molecule has 2 unspecified atom stereocenters. The average molecular weight is 511 g/mol. The van der Waals surface area contributed by atoms with E-state index in [-0.39, 0.29) is 35.5 Å². The fourth-order valence-corrected chi connectivity index (χ4v) is 5.30. The summed E-state index contributed by atoms with van der Waals surface area (Å²) in [4.78, 5) is 4.24. The fourth-order valence-electron chi connectivity index (χ4n) is 3.07. The van der Waals surface area contributed by atoms with Crippen molar-refractivity contribution >= 4 is 51.5 Å². The van der Waals surface area contributed by atoms with Crippen LogP contribution in [0.4, 0.5) is 0 Å². The highest BCUT2D eigenvalue weighted by molar-refractivity contribution is 14.0. The van der Waals surface area contributed by atoms with Gasteiger partial charge in [0, 0.05) is 24.9 Å². The zero-order chi connectivity index (χ0) is 18.1. The van der Waals surface area contributed by atoms with Crippen LogP contribution in [0, 0.1) is 0 Å². The van der Waals surface area contributed by atoms with E-state index in [0.29, 0.717) is 19.0 Å². The zero-order valence-electron chi connectivity index (χ0n) is 15.5. The maximum Gasteiger partial charge on any atom is 0.191 e. The first-order chi connectivity index (χ1) is 12.0. The van der Waals surface area contributed by atoms with Crippen molar-refractivity contribution in [2.75, 3.05) is 25.6 Å². The van der Waals surface area contributed by atoms with Gasteiger partial charge in [0.25, 0.3) is 0 Å². The Labute approximate surface area is 179 Å². The highest BCUT2D eigenvalue weighted by Crippen LogP contribution is 2.27. The Kier molecular flexibility index (Phi) is 10.9. The van der Waals surface area contributed by atoms with Crippen molar-refractivity contribution in [1.82, 2.24) is 10.6 Å². The summed E-state index contributed by atoms with van der Waals surface area (Å²) in [6, 6.07) is 9.80. The molecule has 1 aromatic rings. The van der Waals surface area contributed by atoms with Gasteiger partial charge in [0.1, 0.15) is 0 Å². The first-order valence-corrected chi connectivity index (χ1v) is 11.9. The average Bonchev–Trinajstić information content (AvgIpc) is 3.05. The predicted octanol–water partition coefficient (Wildman–Crippen LogP) is 3.06. The summed E-state index contributed by atoms with van der Waals surface area (Å²) < 4.78 is 24.4. The van der Waals surface area contributed by atoms with Crippen molar-refractivity contribution < 1.29 is 8.42 Å². The second-order valence-corrected chi connectivity index (χ2v) is 9.76. The van der Waals surface area contributed by atoms with E-state index < -0.39 is 9.84 Å². The monoisotopic (exact) mass is 511 g/mol. The van der Waals surface area contributed by atoms with Gasteiger partial charge in [0.15, 0.2) is 15.8 Å². The molecule has 1 aliphatic carbocycles. The Hall–Kier alpha value is -0.480. The van der Waals surface area contributed by atoms with Gasteiger partial charge < -0.3 is 10.6 Å². The maximum absolute atomic E-state index is 12.2. The Bertz CT molecular complexity index is 654. The summed E-state index contributed by atoms with van der Waals surface area (Å²) in [6.45, 7) is 0.604. The molecule has 2 N–H and O–H groups in total. The number of sulfone groups is 1. The molecular weight excluding hydrogens is 481 g/mol. The number of nitrogens with one attached hydrogen (secondary N) is 2. The number of aliphatic imine (C=N–C) groups is 1. The van der Waals surface area contributed by atoms with Crippen LogP contribution in [0.3, 0.4) is 0 Å². The molecule has 0 aromatic heterocycles. The Morgan fingerprint density at radius 2 is 2.00 bits per heavy atom. The van der Waals surface area contributed by atoms with Gasteiger partial charge in [-0.05, 0) is 37.5 Å². The molecule has 0 saturated heterocycles. The zero-order valence-corrected chi connectivity index (χ0v) is 19.4. The standard InChI is InChI=1S/C18H29N3O2S2.HI/c1-19-18(21-16-9-10-17(13-16)24-2)20-11-6-12-25(22,23)14-15-7-4-3-5-8-15;/h3-5,7-8,16-17H,6,9-14H2,1-2H3,(H2,19,20,21);1H. The third-order valence-electron chi connectivity index (χ3n) is 4.44. The normalized spacial score (nSPS) is 20.5. The lowest BCUT2D eigenvalue weighted by Crippen LogP contribution is -2.43. The molecule has 0 spiro atoms. The molecule has 2 atom stereocenters. The van der Waals surface area contributed by atoms with Crippen molar-refractivity contribution in [2.45, 2.75) is 42.7 Å². The molecule has 1 aromatic carbocycles. The Balaban J connectivity index is 0.00000338. The van der Waals surface area contributed by atoms with E-state index >= 15 is 0 Å². The van der Waals surface area contributed by atoms with Gasteiger partial charge in [0.2, 0.25) is 0 Å². The van der Waals surface area contributed by atoms with Gasteiger partial charge in [-0.2, -0.15) is 11.8 Å². The van der Waals surface area contributed by atoms with E-state index in [1.54, 1.807) is 7.05 Å². The van der Waals surface area contributed by atoms with Gasteiger partial charge in [-0.25, -0.2) is 8.42 Å². The largest absolute Gasteiger partial charge is 0.356 e. The molecule has 1 fully saturated rings. The lowest BCUT2D eigenvalue weighted by Gasteiger charge is -2.17. The summed E-state index contributed by atoms with van der Waals surface area (Å²) in [6.07, 6.45) is 6.31. The van der Waals surface area contributed by atoms with Crippen LogP contribution < -0.4 is 10.6 Å². The summed E-state index contributed by atoms with van der Waals surface area (Å²) in [5.74, 6) is 1.07. The lowest BCUT2D eigenvalue weighted by molar-refractivity contribution is 0.589. The summed E-state index contributed by atoms with van der Waals surface area (Å²) in [5, 5.41) is 7.41. The Morgan fingerprint density at radius 3 is 2.62 bits per heavy atom. The summed E-state index contributed by atoms with van der Waals surface area (Å²) in [5.41, 5.74) is 0.845. The number of nitrogens with zero attached hydrogens (tertiary/aromatic N) is 1. The molecule has 0 amide bonds. The molecule has 1 aliphatic rings. The van der Waals surface area contributed by atoms with Crippen LogP contribution in [0.1, 0.15) is 31.2 Å². The molecule has 5 nitrogen and oxygen atoms in total. The van der Waals surface area contributed by atoms with Crippen LogP contribution in [-0.4, -0.2) is 51.3 Å². The number of hydrogen-bond acceptors (Lipinski definition) is 4. The number of thioether (sulfide) groups is 1. The van der Waals surface area contributed by atoms with Gasteiger partial charge >= 0.3 is 0 Å². The number of guanidine groups is 1. The summed E-state index contributed by atoms with van der Waals surface area (Å²) >= 11 is 1.93. The quantitative estimate of drug-likeness (QED) is 0.243. The van der Waals surface area contributed by atoms with Crippen LogP contribution >= 0.6 is 35.7 Å².